The molecule has 1 aliphatic heterocycles. The van der Waals surface area contributed by atoms with Gasteiger partial charge < -0.3 is 15.1 Å². The maximum absolute atomic E-state index is 12.5. The van der Waals surface area contributed by atoms with Crippen molar-refractivity contribution in [2.75, 3.05) is 4.90 Å². The van der Waals surface area contributed by atoms with Crippen LogP contribution in [0.1, 0.15) is 26.3 Å². The Morgan fingerprint density at radius 1 is 1.43 bits per heavy atom. The number of anilines is 1. The molecule has 0 aliphatic carbocycles. The maximum Gasteiger partial charge on any atom is 0.236 e. The van der Waals surface area contributed by atoms with Gasteiger partial charge in [0.1, 0.15) is 6.07 Å². The van der Waals surface area contributed by atoms with Gasteiger partial charge in [-0.15, -0.1) is 0 Å². The predicted molar refractivity (Wildman–Crippen MR) is 78.9 cm³/mol. The second-order valence-electron chi connectivity index (χ2n) is 5.85. The molecule has 1 heterocycles. The van der Waals surface area contributed by atoms with E-state index in [-0.39, 0.29) is 10.9 Å². The Labute approximate surface area is 128 Å². The number of nitrogens with zero attached hydrogens (tertiary/aromatic N) is 2. The number of benzene rings is 1. The van der Waals surface area contributed by atoms with E-state index in [1.54, 1.807) is 13.0 Å². The fourth-order valence-electron chi connectivity index (χ4n) is 2.75. The van der Waals surface area contributed by atoms with Crippen LogP contribution in [0.5, 0.6) is 0 Å². The zero-order valence-corrected chi connectivity index (χ0v) is 12.8. The van der Waals surface area contributed by atoms with Crippen molar-refractivity contribution in [3.63, 3.8) is 0 Å². The molecule has 1 amide bonds. The lowest BCUT2D eigenvalue weighted by atomic mass is 9.86. The predicted octanol–water partition coefficient (Wildman–Crippen LogP) is 1.69. The van der Waals surface area contributed by atoms with Crippen LogP contribution < -0.4 is 4.90 Å². The molecule has 1 aliphatic rings. The lowest BCUT2D eigenvalue weighted by molar-refractivity contribution is -0.130. The number of nitriles is 1. The number of halogens is 1. The zero-order chi connectivity index (χ0) is 15.9. The molecule has 1 unspecified atom stereocenters. The van der Waals surface area contributed by atoms with Crippen LogP contribution in [-0.4, -0.2) is 33.9 Å². The third-order valence-corrected chi connectivity index (χ3v) is 4.17. The van der Waals surface area contributed by atoms with Crippen LogP contribution in [0.4, 0.5) is 5.69 Å². The van der Waals surface area contributed by atoms with E-state index in [1.807, 2.05) is 6.07 Å². The first-order valence-electron chi connectivity index (χ1n) is 6.61. The molecule has 2 rings (SSSR count). The molecule has 0 spiro atoms. The summed E-state index contributed by atoms with van der Waals surface area (Å²) in [4.78, 5) is 14.0. The Kier molecular flexibility index (Phi) is 3.98. The summed E-state index contributed by atoms with van der Waals surface area (Å²) >= 11 is 5.99. The number of carbonyl (C=O) groups excluding carboxylic acids is 1. The van der Waals surface area contributed by atoms with Crippen molar-refractivity contribution in [1.82, 2.24) is 0 Å². The number of amides is 1. The summed E-state index contributed by atoms with van der Waals surface area (Å²) in [6.45, 7) is 4.71. The van der Waals surface area contributed by atoms with Crippen molar-refractivity contribution in [2.24, 2.45) is 5.92 Å². The van der Waals surface area contributed by atoms with Crippen LogP contribution in [0.15, 0.2) is 18.2 Å². The van der Waals surface area contributed by atoms with Gasteiger partial charge in [0.05, 0.1) is 34.3 Å². The first-order valence-corrected chi connectivity index (χ1v) is 6.99. The van der Waals surface area contributed by atoms with Gasteiger partial charge >= 0.3 is 0 Å². The highest BCUT2D eigenvalue weighted by atomic mass is 35.5. The minimum atomic E-state index is -1.32. The molecule has 2 N–H and O–H groups in total. The number of hydrogen-bond donors (Lipinski definition) is 2. The van der Waals surface area contributed by atoms with Crippen LogP contribution in [0.2, 0.25) is 5.02 Å². The molecule has 0 bridgehead atoms. The van der Waals surface area contributed by atoms with Gasteiger partial charge in [-0.25, -0.2) is 0 Å². The monoisotopic (exact) mass is 308 g/mol. The van der Waals surface area contributed by atoms with E-state index < -0.39 is 23.7 Å². The minimum absolute atomic E-state index is 0.246. The molecule has 1 fully saturated rings. The third kappa shape index (κ3) is 2.62. The highest BCUT2D eigenvalue weighted by molar-refractivity contribution is 6.32. The molecule has 5 nitrogen and oxygen atoms in total. The molecule has 21 heavy (non-hydrogen) atoms. The van der Waals surface area contributed by atoms with E-state index in [9.17, 15) is 15.0 Å². The summed E-state index contributed by atoms with van der Waals surface area (Å²) in [5.74, 6) is -1.26. The maximum atomic E-state index is 12.5. The van der Waals surface area contributed by atoms with E-state index in [2.05, 4.69) is 0 Å². The standard InChI is InChI=1S/C15H17ClN2O3/c1-8-13(19)12(15(2,3)21)14(20)18(8)10-5-4-9(7-17)11(16)6-10/h4-6,8,12-13,19,21H,1-3H3/t8-,12?,13+/m0/s1. The summed E-state index contributed by atoms with van der Waals surface area (Å²) in [6, 6.07) is 6.12. The molecule has 0 aromatic heterocycles. The van der Waals surface area contributed by atoms with Gasteiger partial charge in [0, 0.05) is 5.69 Å². The average Bonchev–Trinajstić information content (AvgIpc) is 2.59. The Hall–Kier alpha value is -1.61. The summed E-state index contributed by atoms with van der Waals surface area (Å²) in [5.41, 5.74) is -0.503. The Bertz CT molecular complexity index is 618. The Balaban J connectivity index is 2.43. The largest absolute Gasteiger partial charge is 0.390 e. The Morgan fingerprint density at radius 2 is 2.05 bits per heavy atom. The third-order valence-electron chi connectivity index (χ3n) is 3.86. The Morgan fingerprint density at radius 3 is 2.48 bits per heavy atom. The van der Waals surface area contributed by atoms with Crippen LogP contribution in [0.3, 0.4) is 0 Å². The molecule has 1 aromatic rings. The van der Waals surface area contributed by atoms with Crippen molar-refractivity contribution in [3.05, 3.63) is 28.8 Å². The number of rotatable bonds is 2. The van der Waals surface area contributed by atoms with E-state index in [4.69, 9.17) is 16.9 Å². The topological polar surface area (TPSA) is 84.6 Å². The smallest absolute Gasteiger partial charge is 0.236 e. The van der Waals surface area contributed by atoms with E-state index in [1.165, 1.54) is 30.9 Å². The molecular formula is C15H17ClN2O3. The fraction of sp³-hybridized carbons (Fsp3) is 0.467. The van der Waals surface area contributed by atoms with Crippen molar-refractivity contribution in [2.45, 2.75) is 38.5 Å². The first-order chi connectivity index (χ1) is 9.68. The van der Waals surface area contributed by atoms with Crippen molar-refractivity contribution >= 4 is 23.2 Å². The zero-order valence-electron chi connectivity index (χ0n) is 12.0. The van der Waals surface area contributed by atoms with Crippen LogP contribution in [0.25, 0.3) is 0 Å². The van der Waals surface area contributed by atoms with Gasteiger partial charge in [-0.2, -0.15) is 5.26 Å². The number of aliphatic hydroxyl groups is 2. The van der Waals surface area contributed by atoms with Gasteiger partial charge in [0.2, 0.25) is 5.91 Å². The van der Waals surface area contributed by atoms with E-state index in [0.717, 1.165) is 0 Å². The van der Waals surface area contributed by atoms with Crippen LogP contribution in [0, 0.1) is 17.2 Å². The highest BCUT2D eigenvalue weighted by Gasteiger charge is 2.52. The fourth-order valence-corrected chi connectivity index (χ4v) is 2.97. The van der Waals surface area contributed by atoms with Gasteiger partial charge in [-0.3, -0.25) is 4.79 Å². The van der Waals surface area contributed by atoms with Gasteiger partial charge in [-0.05, 0) is 39.0 Å². The van der Waals surface area contributed by atoms with Crippen LogP contribution in [-0.2, 0) is 4.79 Å². The van der Waals surface area contributed by atoms with Gasteiger partial charge in [0.25, 0.3) is 0 Å². The summed E-state index contributed by atoms with van der Waals surface area (Å²) in [5, 5.41) is 29.5. The van der Waals surface area contributed by atoms with Gasteiger partial charge in [0.15, 0.2) is 0 Å². The first kappa shape index (κ1) is 15.8. The number of aliphatic hydroxyl groups excluding tert-OH is 1. The quantitative estimate of drug-likeness (QED) is 0.871. The number of hydrogen-bond acceptors (Lipinski definition) is 4. The normalized spacial score (nSPS) is 26.0. The van der Waals surface area contributed by atoms with Crippen molar-refractivity contribution in [3.8, 4) is 6.07 Å². The molecule has 112 valence electrons. The summed E-state index contributed by atoms with van der Waals surface area (Å²) in [7, 11) is 0. The molecule has 0 saturated carbocycles. The SMILES string of the molecule is C[C@H]1[C@@H](O)C(C(C)(C)O)C(=O)N1c1ccc(C#N)c(Cl)c1. The van der Waals surface area contributed by atoms with Crippen molar-refractivity contribution in [1.29, 1.82) is 5.26 Å². The summed E-state index contributed by atoms with van der Waals surface area (Å²) < 4.78 is 0. The van der Waals surface area contributed by atoms with Gasteiger partial charge in [-0.1, -0.05) is 11.6 Å². The second-order valence-corrected chi connectivity index (χ2v) is 6.25. The molecule has 3 atom stereocenters. The van der Waals surface area contributed by atoms with Crippen molar-refractivity contribution < 1.29 is 15.0 Å². The average molecular weight is 309 g/mol. The second kappa shape index (κ2) is 5.30. The summed E-state index contributed by atoms with van der Waals surface area (Å²) in [6.07, 6.45) is -0.980. The minimum Gasteiger partial charge on any atom is -0.390 e. The highest BCUT2D eigenvalue weighted by Crippen LogP contribution is 2.37. The number of carbonyl (C=O) groups is 1. The van der Waals surface area contributed by atoms with Crippen LogP contribution >= 0.6 is 11.6 Å². The molecule has 6 heteroatoms. The van der Waals surface area contributed by atoms with E-state index >= 15 is 0 Å². The molecule has 1 saturated heterocycles. The lowest BCUT2D eigenvalue weighted by Gasteiger charge is -2.26. The lowest BCUT2D eigenvalue weighted by Crippen LogP contribution is -2.42. The molecular weight excluding hydrogens is 292 g/mol. The molecule has 0 radical (unpaired) electrons. The molecule has 1 aromatic carbocycles. The van der Waals surface area contributed by atoms with E-state index in [0.29, 0.717) is 11.3 Å².